The second-order valence-electron chi connectivity index (χ2n) is 4.15. The Kier molecular flexibility index (Phi) is 6.72. The van der Waals surface area contributed by atoms with Crippen molar-refractivity contribution in [3.8, 4) is 0 Å². The first-order chi connectivity index (χ1) is 7.38. The van der Waals surface area contributed by atoms with Crippen LogP contribution in [0.4, 0.5) is 0 Å². The summed E-state index contributed by atoms with van der Waals surface area (Å²) in [6.45, 7) is 7.17. The first kappa shape index (κ1) is 14.9. The predicted octanol–water partition coefficient (Wildman–Crippen LogP) is 0.742. The number of carbonyl (C=O) groups is 2. The zero-order chi connectivity index (χ0) is 12.7. The fourth-order valence-corrected chi connectivity index (χ4v) is 1.40. The largest absolute Gasteiger partial charge is 0.480 e. The molecule has 5 nitrogen and oxygen atoms in total. The van der Waals surface area contributed by atoms with Crippen LogP contribution in [0.2, 0.25) is 0 Å². The van der Waals surface area contributed by atoms with Crippen molar-refractivity contribution in [2.24, 2.45) is 0 Å². The van der Waals surface area contributed by atoms with Gasteiger partial charge in [-0.15, -0.1) is 0 Å². The highest BCUT2D eigenvalue weighted by molar-refractivity contribution is 5.82. The Morgan fingerprint density at radius 3 is 2.19 bits per heavy atom. The Hall–Kier alpha value is -1.10. The minimum absolute atomic E-state index is 0.127. The number of rotatable bonds is 7. The molecule has 0 bridgehead atoms. The van der Waals surface area contributed by atoms with Gasteiger partial charge in [-0.05, 0) is 27.2 Å². The van der Waals surface area contributed by atoms with Crippen LogP contribution in [0, 0.1) is 0 Å². The highest BCUT2D eigenvalue weighted by Gasteiger charge is 2.19. The fourth-order valence-electron chi connectivity index (χ4n) is 1.40. The van der Waals surface area contributed by atoms with E-state index in [1.165, 1.54) is 6.92 Å². The van der Waals surface area contributed by atoms with E-state index in [4.69, 9.17) is 5.11 Å². The molecule has 3 atom stereocenters. The molecular weight excluding hydrogens is 208 g/mol. The van der Waals surface area contributed by atoms with Gasteiger partial charge in [0, 0.05) is 6.04 Å². The Labute approximate surface area is 96.6 Å². The second-order valence-corrected chi connectivity index (χ2v) is 4.15. The molecule has 16 heavy (non-hydrogen) atoms. The van der Waals surface area contributed by atoms with E-state index in [1.54, 1.807) is 6.92 Å². The first-order valence-corrected chi connectivity index (χ1v) is 5.67. The highest BCUT2D eigenvalue weighted by Crippen LogP contribution is 1.96. The van der Waals surface area contributed by atoms with Crippen LogP contribution < -0.4 is 10.6 Å². The number of aliphatic carboxylic acids is 1. The number of carboxylic acid groups (broad SMARTS) is 1. The summed E-state index contributed by atoms with van der Waals surface area (Å²) in [4.78, 5) is 22.2. The lowest BCUT2D eigenvalue weighted by atomic mass is 10.2. The van der Waals surface area contributed by atoms with Crippen LogP contribution in [0.1, 0.15) is 40.5 Å². The maximum atomic E-state index is 11.6. The van der Waals surface area contributed by atoms with Gasteiger partial charge in [0.1, 0.15) is 6.04 Å². The van der Waals surface area contributed by atoms with Gasteiger partial charge in [-0.2, -0.15) is 0 Å². The van der Waals surface area contributed by atoms with E-state index in [0.717, 1.165) is 12.8 Å². The molecule has 0 fully saturated rings. The van der Waals surface area contributed by atoms with Crippen LogP contribution in [-0.4, -0.2) is 35.1 Å². The Bertz CT molecular complexity index is 243. The van der Waals surface area contributed by atoms with E-state index in [-0.39, 0.29) is 11.9 Å². The van der Waals surface area contributed by atoms with E-state index in [0.29, 0.717) is 0 Å². The van der Waals surface area contributed by atoms with Gasteiger partial charge in [-0.1, -0.05) is 13.3 Å². The van der Waals surface area contributed by atoms with Gasteiger partial charge in [0.15, 0.2) is 0 Å². The molecule has 0 aromatic carbocycles. The molecule has 0 radical (unpaired) electrons. The lowest BCUT2D eigenvalue weighted by molar-refractivity contribution is -0.139. The standard InChI is InChI=1S/C11H22N2O3/c1-5-6-7(2)12-10(14)8(3)13-9(4)11(15)16/h7-9,13H,5-6H2,1-4H3,(H,12,14)(H,15,16). The van der Waals surface area contributed by atoms with Crippen LogP contribution >= 0.6 is 0 Å². The molecule has 0 aromatic heterocycles. The van der Waals surface area contributed by atoms with Crippen molar-refractivity contribution in [3.63, 3.8) is 0 Å². The molecule has 0 rings (SSSR count). The topological polar surface area (TPSA) is 78.4 Å². The van der Waals surface area contributed by atoms with Gasteiger partial charge in [0.05, 0.1) is 6.04 Å². The summed E-state index contributed by atoms with van der Waals surface area (Å²) in [5.74, 6) is -1.12. The Morgan fingerprint density at radius 1 is 1.19 bits per heavy atom. The van der Waals surface area contributed by atoms with E-state index < -0.39 is 18.1 Å². The maximum absolute atomic E-state index is 11.6. The first-order valence-electron chi connectivity index (χ1n) is 5.67. The normalized spacial score (nSPS) is 16.2. The van der Waals surface area contributed by atoms with Gasteiger partial charge in [-0.3, -0.25) is 14.9 Å². The van der Waals surface area contributed by atoms with E-state index in [9.17, 15) is 9.59 Å². The van der Waals surface area contributed by atoms with Crippen LogP contribution in [0.15, 0.2) is 0 Å². The molecule has 1 amide bonds. The number of hydrogen-bond acceptors (Lipinski definition) is 3. The minimum atomic E-state index is -0.957. The van der Waals surface area contributed by atoms with E-state index in [1.807, 2.05) is 6.92 Å². The lowest BCUT2D eigenvalue weighted by Gasteiger charge is -2.19. The van der Waals surface area contributed by atoms with Crippen molar-refractivity contribution in [1.29, 1.82) is 0 Å². The van der Waals surface area contributed by atoms with Crippen molar-refractivity contribution in [2.45, 2.75) is 58.7 Å². The fraction of sp³-hybridized carbons (Fsp3) is 0.818. The number of hydrogen-bond donors (Lipinski definition) is 3. The molecule has 0 spiro atoms. The third-order valence-electron chi connectivity index (χ3n) is 2.37. The lowest BCUT2D eigenvalue weighted by Crippen LogP contribution is -2.50. The molecule has 5 heteroatoms. The summed E-state index contributed by atoms with van der Waals surface area (Å²) < 4.78 is 0. The maximum Gasteiger partial charge on any atom is 0.320 e. The van der Waals surface area contributed by atoms with Crippen LogP contribution in [0.5, 0.6) is 0 Å². The number of amides is 1. The van der Waals surface area contributed by atoms with Crippen molar-refractivity contribution in [1.82, 2.24) is 10.6 Å². The average Bonchev–Trinajstić information content (AvgIpc) is 2.17. The van der Waals surface area contributed by atoms with Crippen molar-refractivity contribution in [2.75, 3.05) is 0 Å². The molecule has 0 aromatic rings. The minimum Gasteiger partial charge on any atom is -0.480 e. The summed E-state index contributed by atoms with van der Waals surface area (Å²) in [5.41, 5.74) is 0. The number of carbonyl (C=O) groups excluding carboxylic acids is 1. The van der Waals surface area contributed by atoms with Gasteiger partial charge in [0.25, 0.3) is 0 Å². The summed E-state index contributed by atoms with van der Waals surface area (Å²) in [6.07, 6.45) is 1.93. The second kappa shape index (κ2) is 7.22. The summed E-state index contributed by atoms with van der Waals surface area (Å²) in [7, 11) is 0. The van der Waals surface area contributed by atoms with Crippen LogP contribution in [-0.2, 0) is 9.59 Å². The molecule has 94 valence electrons. The van der Waals surface area contributed by atoms with Gasteiger partial charge in [0.2, 0.25) is 5.91 Å². The quantitative estimate of drug-likeness (QED) is 0.603. The van der Waals surface area contributed by atoms with Crippen LogP contribution in [0.3, 0.4) is 0 Å². The molecule has 0 aliphatic heterocycles. The third-order valence-corrected chi connectivity index (χ3v) is 2.37. The molecule has 0 aliphatic rings. The van der Waals surface area contributed by atoms with Gasteiger partial charge < -0.3 is 10.4 Å². The van der Waals surface area contributed by atoms with Crippen LogP contribution in [0.25, 0.3) is 0 Å². The summed E-state index contributed by atoms with van der Waals surface area (Å²) in [6, 6.07) is -1.09. The molecule has 0 saturated heterocycles. The molecule has 3 N–H and O–H groups in total. The third kappa shape index (κ3) is 5.70. The zero-order valence-electron chi connectivity index (χ0n) is 10.4. The molecular formula is C11H22N2O3. The Balaban J connectivity index is 4.03. The van der Waals surface area contributed by atoms with Crippen molar-refractivity contribution < 1.29 is 14.7 Å². The van der Waals surface area contributed by atoms with Gasteiger partial charge >= 0.3 is 5.97 Å². The predicted molar refractivity (Wildman–Crippen MR) is 62.2 cm³/mol. The van der Waals surface area contributed by atoms with Gasteiger partial charge in [-0.25, -0.2) is 0 Å². The highest BCUT2D eigenvalue weighted by atomic mass is 16.4. The number of nitrogens with one attached hydrogen (secondary N) is 2. The van der Waals surface area contributed by atoms with E-state index >= 15 is 0 Å². The monoisotopic (exact) mass is 230 g/mol. The molecule has 0 saturated carbocycles. The zero-order valence-corrected chi connectivity index (χ0v) is 10.4. The average molecular weight is 230 g/mol. The SMILES string of the molecule is CCCC(C)NC(=O)C(C)NC(C)C(=O)O. The number of carboxylic acids is 1. The molecule has 0 heterocycles. The smallest absolute Gasteiger partial charge is 0.320 e. The van der Waals surface area contributed by atoms with Crippen molar-refractivity contribution >= 4 is 11.9 Å². The summed E-state index contributed by atoms with van der Waals surface area (Å²) >= 11 is 0. The summed E-state index contributed by atoms with van der Waals surface area (Å²) in [5, 5.41) is 14.2. The molecule has 3 unspecified atom stereocenters. The molecule has 0 aliphatic carbocycles. The van der Waals surface area contributed by atoms with Crippen molar-refractivity contribution in [3.05, 3.63) is 0 Å². The van der Waals surface area contributed by atoms with E-state index in [2.05, 4.69) is 17.6 Å². The Morgan fingerprint density at radius 2 is 1.75 bits per heavy atom.